The van der Waals surface area contributed by atoms with Crippen LogP contribution < -0.4 is 20.7 Å². The van der Waals surface area contributed by atoms with Gasteiger partial charge in [0, 0.05) is 21.9 Å². The van der Waals surface area contributed by atoms with Gasteiger partial charge in [0.1, 0.15) is 0 Å². The maximum atomic E-state index is 5.52. The van der Waals surface area contributed by atoms with E-state index in [0.717, 1.165) is 33.5 Å². The summed E-state index contributed by atoms with van der Waals surface area (Å²) in [7, 11) is -2.77. The van der Waals surface area contributed by atoms with Gasteiger partial charge in [0.2, 0.25) is 5.95 Å². The minimum absolute atomic E-state index is 0.00392. The standard InChI is InChI=1S/C54H49N3Si/c1-53(2,3)40-30-32-50-46(35-40)47-36-41(54(4,5)6)31-33-51(47)57(50)52-55-48(38-20-11-7-12-21-38)37-49(56-52)39-22-19-29-45(34-39)58(42-23-13-8-14-24-42,43-25-15-9-16-26-43)44-27-17-10-18-28-44/h7-37H,1-6H3. The molecule has 0 radical (unpaired) electrons. The zero-order valence-electron chi connectivity index (χ0n) is 34.2. The van der Waals surface area contributed by atoms with Gasteiger partial charge in [-0.2, -0.15) is 0 Å². The maximum absolute atomic E-state index is 5.52. The topological polar surface area (TPSA) is 30.7 Å². The highest BCUT2D eigenvalue weighted by atomic mass is 28.3. The summed E-state index contributed by atoms with van der Waals surface area (Å²) in [6.07, 6.45) is 0. The predicted molar refractivity (Wildman–Crippen MR) is 248 cm³/mol. The molecule has 0 fully saturated rings. The molecule has 2 heterocycles. The second-order valence-electron chi connectivity index (χ2n) is 17.5. The third kappa shape index (κ3) is 6.57. The molecule has 4 heteroatoms. The largest absolute Gasteiger partial charge is 0.278 e. The van der Waals surface area contributed by atoms with Crippen LogP contribution in [0.25, 0.3) is 50.3 Å². The molecule has 0 saturated carbocycles. The average molecular weight is 768 g/mol. The molecular weight excluding hydrogens is 719 g/mol. The Morgan fingerprint density at radius 3 is 1.22 bits per heavy atom. The Bertz CT molecular complexity index is 2720. The Hall–Kier alpha value is -6.36. The normalized spacial score (nSPS) is 12.3. The summed E-state index contributed by atoms with van der Waals surface area (Å²) < 4.78 is 2.28. The van der Waals surface area contributed by atoms with Crippen LogP contribution in [-0.2, 0) is 10.8 Å². The van der Waals surface area contributed by atoms with E-state index >= 15 is 0 Å². The van der Waals surface area contributed by atoms with Gasteiger partial charge in [-0.15, -0.1) is 0 Å². The molecule has 0 unspecified atom stereocenters. The highest BCUT2D eigenvalue weighted by molar-refractivity contribution is 7.19. The third-order valence-electron chi connectivity index (χ3n) is 11.7. The molecule has 0 aliphatic heterocycles. The Morgan fingerprint density at radius 1 is 0.379 bits per heavy atom. The number of aromatic nitrogens is 3. The third-order valence-corrected chi connectivity index (χ3v) is 16.5. The van der Waals surface area contributed by atoms with E-state index in [4.69, 9.17) is 9.97 Å². The van der Waals surface area contributed by atoms with Crippen LogP contribution in [0.15, 0.2) is 188 Å². The van der Waals surface area contributed by atoms with Gasteiger partial charge in [-0.3, -0.25) is 4.57 Å². The van der Waals surface area contributed by atoms with Crippen molar-refractivity contribution in [2.75, 3.05) is 0 Å². The van der Waals surface area contributed by atoms with Gasteiger partial charge in [0.05, 0.1) is 22.4 Å². The van der Waals surface area contributed by atoms with E-state index in [9.17, 15) is 0 Å². The van der Waals surface area contributed by atoms with Gasteiger partial charge < -0.3 is 0 Å². The lowest BCUT2D eigenvalue weighted by Gasteiger charge is -2.34. The lowest BCUT2D eigenvalue weighted by atomic mass is 9.85. The number of fused-ring (bicyclic) bond motifs is 3. The molecule has 0 N–H and O–H groups in total. The zero-order valence-corrected chi connectivity index (χ0v) is 35.2. The molecule has 0 aliphatic carbocycles. The van der Waals surface area contributed by atoms with Crippen LogP contribution in [0.5, 0.6) is 0 Å². The van der Waals surface area contributed by atoms with Crippen molar-refractivity contribution in [2.24, 2.45) is 0 Å². The van der Waals surface area contributed by atoms with Crippen molar-refractivity contribution in [3.8, 4) is 28.5 Å². The van der Waals surface area contributed by atoms with E-state index in [2.05, 4.69) is 234 Å². The van der Waals surface area contributed by atoms with Gasteiger partial charge in [-0.1, -0.05) is 199 Å². The number of hydrogen-bond donors (Lipinski definition) is 0. The molecule has 58 heavy (non-hydrogen) atoms. The van der Waals surface area contributed by atoms with Crippen LogP contribution in [-0.4, -0.2) is 22.6 Å². The van der Waals surface area contributed by atoms with Crippen molar-refractivity contribution in [1.82, 2.24) is 14.5 Å². The molecule has 0 atom stereocenters. The molecule has 9 rings (SSSR count). The Morgan fingerprint density at radius 2 is 0.776 bits per heavy atom. The van der Waals surface area contributed by atoms with Gasteiger partial charge >= 0.3 is 0 Å². The molecule has 0 saturated heterocycles. The van der Waals surface area contributed by atoms with E-state index < -0.39 is 8.07 Å². The summed E-state index contributed by atoms with van der Waals surface area (Å²) in [5, 5.41) is 7.76. The van der Waals surface area contributed by atoms with Gasteiger partial charge in [0.25, 0.3) is 0 Å². The number of nitrogens with zero attached hydrogens (tertiary/aromatic N) is 3. The summed E-state index contributed by atoms with van der Waals surface area (Å²) in [5.74, 6) is 0.659. The molecule has 9 aromatic rings. The highest BCUT2D eigenvalue weighted by Gasteiger charge is 2.41. The average Bonchev–Trinajstić information content (AvgIpc) is 3.58. The van der Waals surface area contributed by atoms with Crippen molar-refractivity contribution in [1.29, 1.82) is 0 Å². The molecule has 3 nitrogen and oxygen atoms in total. The van der Waals surface area contributed by atoms with Crippen LogP contribution >= 0.6 is 0 Å². The van der Waals surface area contributed by atoms with Crippen molar-refractivity contribution in [3.63, 3.8) is 0 Å². The first kappa shape index (κ1) is 37.2. The summed E-state index contributed by atoms with van der Waals surface area (Å²) in [5.41, 5.74) is 8.70. The first-order valence-electron chi connectivity index (χ1n) is 20.3. The smallest absolute Gasteiger partial charge is 0.235 e. The van der Waals surface area contributed by atoms with Crippen LogP contribution in [0.2, 0.25) is 0 Å². The summed E-state index contributed by atoms with van der Waals surface area (Å²) in [6, 6.07) is 69.0. The molecule has 2 aromatic heterocycles. The van der Waals surface area contributed by atoms with Crippen molar-refractivity contribution < 1.29 is 0 Å². The quantitative estimate of drug-likeness (QED) is 0.119. The zero-order chi connectivity index (χ0) is 40.1. The fourth-order valence-electron chi connectivity index (χ4n) is 8.59. The van der Waals surface area contributed by atoms with E-state index in [1.807, 2.05) is 0 Å². The first-order chi connectivity index (χ1) is 28.0. The molecule has 0 bridgehead atoms. The van der Waals surface area contributed by atoms with E-state index in [1.54, 1.807) is 0 Å². The molecular formula is C54H49N3Si. The van der Waals surface area contributed by atoms with Crippen LogP contribution in [0, 0.1) is 0 Å². The molecule has 0 amide bonds. The Balaban J connectivity index is 1.32. The summed E-state index contributed by atoms with van der Waals surface area (Å²) >= 11 is 0. The second-order valence-corrected chi connectivity index (χ2v) is 21.3. The number of rotatable bonds is 7. The number of benzene rings is 7. The summed E-state index contributed by atoms with van der Waals surface area (Å²) in [4.78, 5) is 10.9. The van der Waals surface area contributed by atoms with E-state index in [0.29, 0.717) is 5.95 Å². The Labute approximate surface area is 343 Å². The SMILES string of the molecule is CC(C)(C)c1ccc2c(c1)c1cc(C(C)(C)C)ccc1n2-c1nc(-c2ccccc2)cc(-c2cccc([Si](c3ccccc3)(c3ccccc3)c3ccccc3)c2)n1. The van der Waals surface area contributed by atoms with Crippen LogP contribution in [0.3, 0.4) is 0 Å². The lowest BCUT2D eigenvalue weighted by Crippen LogP contribution is -2.74. The minimum atomic E-state index is -2.77. The molecule has 7 aromatic carbocycles. The first-order valence-corrected chi connectivity index (χ1v) is 22.3. The van der Waals surface area contributed by atoms with E-state index in [-0.39, 0.29) is 10.8 Å². The van der Waals surface area contributed by atoms with Crippen LogP contribution in [0.4, 0.5) is 0 Å². The van der Waals surface area contributed by atoms with Crippen molar-refractivity contribution >= 4 is 50.6 Å². The minimum Gasteiger partial charge on any atom is -0.278 e. The highest BCUT2D eigenvalue weighted by Crippen LogP contribution is 2.38. The number of hydrogen-bond acceptors (Lipinski definition) is 2. The molecule has 0 spiro atoms. The monoisotopic (exact) mass is 767 g/mol. The van der Waals surface area contributed by atoms with E-state index in [1.165, 1.54) is 42.6 Å². The molecule has 284 valence electrons. The van der Waals surface area contributed by atoms with Crippen molar-refractivity contribution in [3.05, 3.63) is 199 Å². The van der Waals surface area contributed by atoms with Crippen molar-refractivity contribution in [2.45, 2.75) is 52.4 Å². The van der Waals surface area contributed by atoms with Gasteiger partial charge in [-0.05, 0) is 73.0 Å². The molecule has 0 aliphatic rings. The van der Waals surface area contributed by atoms with Gasteiger partial charge in [0.15, 0.2) is 8.07 Å². The second kappa shape index (κ2) is 14.5. The summed E-state index contributed by atoms with van der Waals surface area (Å²) in [6.45, 7) is 13.7. The predicted octanol–water partition coefficient (Wildman–Crippen LogP) is 10.9. The van der Waals surface area contributed by atoms with Gasteiger partial charge in [-0.25, -0.2) is 9.97 Å². The fourth-order valence-corrected chi connectivity index (χ4v) is 13.4. The maximum Gasteiger partial charge on any atom is 0.235 e. The Kier molecular flexibility index (Phi) is 9.33. The van der Waals surface area contributed by atoms with Crippen LogP contribution in [0.1, 0.15) is 52.7 Å². The fraction of sp³-hybridized carbons (Fsp3) is 0.148. The lowest BCUT2D eigenvalue weighted by molar-refractivity contribution is 0.590.